The van der Waals surface area contributed by atoms with Gasteiger partial charge in [0.1, 0.15) is 5.82 Å². The molecule has 1 unspecified atom stereocenters. The molecule has 0 radical (unpaired) electrons. The third kappa shape index (κ3) is 3.44. The molecule has 2 nitrogen and oxygen atoms in total. The molecule has 1 saturated heterocycles. The Morgan fingerprint density at radius 3 is 2.71 bits per heavy atom. The maximum absolute atomic E-state index is 14.2. The average Bonchev–Trinajstić information content (AvgIpc) is 2.74. The first-order valence-electron chi connectivity index (χ1n) is 7.22. The van der Waals surface area contributed by atoms with Crippen molar-refractivity contribution >= 4 is 21.6 Å². The second-order valence-corrected chi connectivity index (χ2v) is 6.23. The molecule has 4 heteroatoms. The van der Waals surface area contributed by atoms with Gasteiger partial charge in [-0.1, -0.05) is 46.3 Å². The lowest BCUT2D eigenvalue weighted by atomic mass is 10.1. The topological polar surface area (TPSA) is 15.3 Å². The number of anilines is 1. The third-order valence-corrected chi connectivity index (χ3v) is 4.34. The molecule has 0 saturated carbocycles. The first kappa shape index (κ1) is 14.5. The Labute approximate surface area is 133 Å². The molecular formula is C17H18BrFN2. The molecule has 1 atom stereocenters. The van der Waals surface area contributed by atoms with Crippen LogP contribution in [-0.2, 0) is 0 Å². The first-order valence-corrected chi connectivity index (χ1v) is 8.01. The van der Waals surface area contributed by atoms with Crippen molar-refractivity contribution in [1.82, 2.24) is 5.32 Å². The average molecular weight is 349 g/mol. The van der Waals surface area contributed by atoms with E-state index >= 15 is 0 Å². The van der Waals surface area contributed by atoms with E-state index in [9.17, 15) is 4.39 Å². The van der Waals surface area contributed by atoms with E-state index in [2.05, 4.69) is 38.3 Å². The van der Waals surface area contributed by atoms with Gasteiger partial charge < -0.3 is 10.2 Å². The first-order chi connectivity index (χ1) is 10.2. The molecule has 3 rings (SSSR count). The predicted octanol–water partition coefficient (Wildman–Crippen LogP) is 4.13. The van der Waals surface area contributed by atoms with Crippen LogP contribution in [0.25, 0.3) is 0 Å². The highest BCUT2D eigenvalue weighted by molar-refractivity contribution is 9.10. The van der Waals surface area contributed by atoms with E-state index in [1.807, 2.05) is 30.3 Å². The number of hydrogen-bond donors (Lipinski definition) is 1. The van der Waals surface area contributed by atoms with Gasteiger partial charge in [-0.2, -0.15) is 0 Å². The van der Waals surface area contributed by atoms with E-state index in [0.717, 1.165) is 30.5 Å². The van der Waals surface area contributed by atoms with Gasteiger partial charge >= 0.3 is 0 Å². The highest BCUT2D eigenvalue weighted by Crippen LogP contribution is 2.26. The summed E-state index contributed by atoms with van der Waals surface area (Å²) in [5, 5.41) is 3.56. The van der Waals surface area contributed by atoms with Crippen LogP contribution in [0, 0.1) is 5.82 Å². The van der Waals surface area contributed by atoms with Crippen LogP contribution in [0.1, 0.15) is 18.0 Å². The molecule has 0 spiro atoms. The molecule has 1 N–H and O–H groups in total. The van der Waals surface area contributed by atoms with Crippen molar-refractivity contribution in [3.63, 3.8) is 0 Å². The molecule has 110 valence electrons. The summed E-state index contributed by atoms with van der Waals surface area (Å²) in [6.45, 7) is 2.60. The summed E-state index contributed by atoms with van der Waals surface area (Å²) in [7, 11) is 0. The fourth-order valence-corrected chi connectivity index (χ4v) is 3.12. The van der Waals surface area contributed by atoms with Crippen LogP contribution >= 0.6 is 15.9 Å². The highest BCUT2D eigenvalue weighted by Gasteiger charge is 2.21. The molecule has 0 amide bonds. The summed E-state index contributed by atoms with van der Waals surface area (Å²) >= 11 is 3.31. The van der Waals surface area contributed by atoms with Gasteiger partial charge in [-0.3, -0.25) is 0 Å². The minimum Gasteiger partial charge on any atom is -0.367 e. The Morgan fingerprint density at radius 1 is 1.14 bits per heavy atom. The van der Waals surface area contributed by atoms with Crippen LogP contribution in [0.4, 0.5) is 10.1 Å². The minimum absolute atomic E-state index is 0.168. The van der Waals surface area contributed by atoms with Crippen LogP contribution < -0.4 is 10.2 Å². The molecule has 1 aliphatic rings. The Balaban J connectivity index is 1.85. The van der Waals surface area contributed by atoms with Crippen molar-refractivity contribution < 1.29 is 4.39 Å². The van der Waals surface area contributed by atoms with Gasteiger partial charge in [-0.05, 0) is 36.7 Å². The number of hydrogen-bond acceptors (Lipinski definition) is 2. The van der Waals surface area contributed by atoms with Crippen molar-refractivity contribution in [1.29, 1.82) is 0 Å². The summed E-state index contributed by atoms with van der Waals surface area (Å²) in [5.74, 6) is -0.168. The number of nitrogens with one attached hydrogen (secondary N) is 1. The molecule has 0 aromatic heterocycles. The molecule has 1 aliphatic heterocycles. The summed E-state index contributed by atoms with van der Waals surface area (Å²) in [4.78, 5) is 2.14. The quantitative estimate of drug-likeness (QED) is 0.877. The van der Waals surface area contributed by atoms with Crippen molar-refractivity contribution in [3.8, 4) is 0 Å². The number of nitrogens with zero attached hydrogens (tertiary/aromatic N) is 1. The van der Waals surface area contributed by atoms with E-state index < -0.39 is 0 Å². The summed E-state index contributed by atoms with van der Waals surface area (Å²) in [5.41, 5.74) is 1.93. The monoisotopic (exact) mass is 348 g/mol. The van der Waals surface area contributed by atoms with E-state index in [1.165, 1.54) is 11.6 Å². The van der Waals surface area contributed by atoms with Crippen molar-refractivity contribution in [3.05, 3.63) is 64.4 Å². The van der Waals surface area contributed by atoms with Crippen molar-refractivity contribution in [2.45, 2.75) is 12.5 Å². The second kappa shape index (κ2) is 6.58. The lowest BCUT2D eigenvalue weighted by molar-refractivity contribution is 0.564. The van der Waals surface area contributed by atoms with Gasteiger partial charge in [-0.15, -0.1) is 0 Å². The fourth-order valence-electron chi connectivity index (χ4n) is 2.79. The largest absolute Gasteiger partial charge is 0.367 e. The zero-order valence-electron chi connectivity index (χ0n) is 11.7. The fraction of sp³-hybridized carbons (Fsp3) is 0.294. The Morgan fingerprint density at radius 2 is 1.95 bits per heavy atom. The van der Waals surface area contributed by atoms with Crippen LogP contribution in [0.15, 0.2) is 53.0 Å². The van der Waals surface area contributed by atoms with E-state index in [1.54, 1.807) is 0 Å². The van der Waals surface area contributed by atoms with Gasteiger partial charge in [0.05, 0.1) is 5.69 Å². The van der Waals surface area contributed by atoms with Gasteiger partial charge in [0.25, 0.3) is 0 Å². The zero-order valence-corrected chi connectivity index (χ0v) is 13.3. The predicted molar refractivity (Wildman–Crippen MR) is 88.1 cm³/mol. The minimum atomic E-state index is -0.168. The second-order valence-electron chi connectivity index (χ2n) is 5.31. The summed E-state index contributed by atoms with van der Waals surface area (Å²) in [6, 6.07) is 15.9. The molecule has 1 fully saturated rings. The summed E-state index contributed by atoms with van der Waals surface area (Å²) < 4.78 is 15.0. The van der Waals surface area contributed by atoms with Crippen LogP contribution in [-0.4, -0.2) is 19.6 Å². The molecule has 0 bridgehead atoms. The molecule has 21 heavy (non-hydrogen) atoms. The Hall–Kier alpha value is -1.39. The summed E-state index contributed by atoms with van der Waals surface area (Å²) in [6.07, 6.45) is 1.01. The SMILES string of the molecule is Fc1cc(Br)ccc1N1CCCNC(c2ccccc2)C1. The lowest BCUT2D eigenvalue weighted by Gasteiger charge is -2.27. The van der Waals surface area contributed by atoms with Gasteiger partial charge in [0.15, 0.2) is 0 Å². The Kier molecular flexibility index (Phi) is 4.56. The standard InChI is InChI=1S/C17H18BrFN2/c18-14-7-8-17(15(19)11-14)21-10-4-9-20-16(12-21)13-5-2-1-3-6-13/h1-3,5-8,11,16,20H,4,9-10,12H2. The lowest BCUT2D eigenvalue weighted by Crippen LogP contribution is -2.31. The van der Waals surface area contributed by atoms with E-state index in [-0.39, 0.29) is 11.9 Å². The van der Waals surface area contributed by atoms with E-state index in [0.29, 0.717) is 5.69 Å². The molecule has 2 aromatic carbocycles. The van der Waals surface area contributed by atoms with Gasteiger partial charge in [0.2, 0.25) is 0 Å². The van der Waals surface area contributed by atoms with Crippen molar-refractivity contribution in [2.75, 3.05) is 24.5 Å². The maximum Gasteiger partial charge on any atom is 0.147 e. The van der Waals surface area contributed by atoms with Crippen LogP contribution in [0.3, 0.4) is 0 Å². The maximum atomic E-state index is 14.2. The number of benzene rings is 2. The number of rotatable bonds is 2. The van der Waals surface area contributed by atoms with Gasteiger partial charge in [0, 0.05) is 23.6 Å². The van der Waals surface area contributed by atoms with Crippen LogP contribution in [0.5, 0.6) is 0 Å². The molecule has 1 heterocycles. The molecule has 0 aliphatic carbocycles. The molecule has 2 aromatic rings. The van der Waals surface area contributed by atoms with Gasteiger partial charge in [-0.25, -0.2) is 4.39 Å². The molecular weight excluding hydrogens is 331 g/mol. The third-order valence-electron chi connectivity index (χ3n) is 3.85. The van der Waals surface area contributed by atoms with E-state index in [4.69, 9.17) is 0 Å². The zero-order chi connectivity index (χ0) is 14.7. The number of halogens is 2. The smallest absolute Gasteiger partial charge is 0.147 e. The Bertz CT molecular complexity index is 603. The van der Waals surface area contributed by atoms with Crippen LogP contribution in [0.2, 0.25) is 0 Å². The highest BCUT2D eigenvalue weighted by atomic mass is 79.9. The normalized spacial score (nSPS) is 19.3. The van der Waals surface area contributed by atoms with Crippen molar-refractivity contribution in [2.24, 2.45) is 0 Å².